The minimum Gasteiger partial charge on any atom is -0.494 e. The number of nitrogens with one attached hydrogen (secondary N) is 1. The van der Waals surface area contributed by atoms with Gasteiger partial charge in [0.15, 0.2) is 0 Å². The van der Waals surface area contributed by atoms with E-state index >= 15 is 0 Å². The molecule has 0 radical (unpaired) electrons. The standard InChI is InChI=1S/C24H24N2O3/c1-4-29-24(26-21-14-7-8-15-22(21)28-3)19-12-9-11-18(16-19)23(27)25-20-13-6-5-10-17(20)2/h5-16H,4H2,1-3H3,(H,25,27)/b26-24-. The molecule has 0 fully saturated rings. The van der Waals surface area contributed by atoms with Crippen LogP contribution in [0.25, 0.3) is 0 Å². The van der Waals surface area contributed by atoms with Crippen molar-refractivity contribution in [3.63, 3.8) is 0 Å². The van der Waals surface area contributed by atoms with Gasteiger partial charge in [0.25, 0.3) is 5.91 Å². The third kappa shape index (κ3) is 5.02. The third-order valence-electron chi connectivity index (χ3n) is 4.35. The van der Waals surface area contributed by atoms with Crippen LogP contribution in [-0.2, 0) is 4.74 Å². The van der Waals surface area contributed by atoms with Crippen molar-refractivity contribution in [1.82, 2.24) is 0 Å². The summed E-state index contributed by atoms with van der Waals surface area (Å²) in [6.07, 6.45) is 0. The number of hydrogen-bond acceptors (Lipinski definition) is 4. The first-order valence-corrected chi connectivity index (χ1v) is 9.44. The van der Waals surface area contributed by atoms with E-state index in [-0.39, 0.29) is 5.91 Å². The number of methoxy groups -OCH3 is 1. The first kappa shape index (κ1) is 20.1. The van der Waals surface area contributed by atoms with Gasteiger partial charge >= 0.3 is 0 Å². The molecule has 0 spiro atoms. The van der Waals surface area contributed by atoms with Crippen LogP contribution >= 0.6 is 0 Å². The maximum absolute atomic E-state index is 12.7. The Kier molecular flexibility index (Phi) is 6.63. The molecule has 148 valence electrons. The molecular weight excluding hydrogens is 364 g/mol. The Morgan fingerprint density at radius 3 is 2.45 bits per heavy atom. The highest BCUT2D eigenvalue weighted by Crippen LogP contribution is 2.27. The molecule has 29 heavy (non-hydrogen) atoms. The fourth-order valence-electron chi connectivity index (χ4n) is 2.85. The molecule has 0 heterocycles. The molecule has 0 aliphatic heterocycles. The number of amides is 1. The summed E-state index contributed by atoms with van der Waals surface area (Å²) in [6, 6.07) is 22.4. The molecule has 0 aliphatic carbocycles. The van der Waals surface area contributed by atoms with E-state index in [4.69, 9.17) is 9.47 Å². The molecule has 3 aromatic carbocycles. The second kappa shape index (κ2) is 9.55. The average Bonchev–Trinajstić information content (AvgIpc) is 2.75. The number of aliphatic imine (C=N–C) groups is 1. The molecule has 0 aliphatic rings. The van der Waals surface area contributed by atoms with Gasteiger partial charge in [-0.25, -0.2) is 4.99 Å². The molecule has 0 bridgehead atoms. The van der Waals surface area contributed by atoms with Gasteiger partial charge in [-0.1, -0.05) is 36.4 Å². The minimum absolute atomic E-state index is 0.186. The molecule has 0 unspecified atom stereocenters. The van der Waals surface area contributed by atoms with Crippen molar-refractivity contribution in [1.29, 1.82) is 0 Å². The predicted octanol–water partition coefficient (Wildman–Crippen LogP) is 5.37. The van der Waals surface area contributed by atoms with Crippen molar-refractivity contribution < 1.29 is 14.3 Å². The van der Waals surface area contributed by atoms with Gasteiger partial charge in [0.1, 0.15) is 11.4 Å². The van der Waals surface area contributed by atoms with Crippen LogP contribution in [-0.4, -0.2) is 25.5 Å². The van der Waals surface area contributed by atoms with E-state index in [9.17, 15) is 4.79 Å². The van der Waals surface area contributed by atoms with Crippen LogP contribution in [0.2, 0.25) is 0 Å². The first-order chi connectivity index (χ1) is 14.1. The van der Waals surface area contributed by atoms with Gasteiger partial charge in [-0.2, -0.15) is 0 Å². The van der Waals surface area contributed by atoms with Crippen molar-refractivity contribution in [3.8, 4) is 5.75 Å². The highest BCUT2D eigenvalue weighted by atomic mass is 16.5. The molecule has 1 amide bonds. The van der Waals surface area contributed by atoms with Gasteiger partial charge in [-0.05, 0) is 55.8 Å². The zero-order chi connectivity index (χ0) is 20.6. The number of ether oxygens (including phenoxy) is 2. The van der Waals surface area contributed by atoms with Crippen LogP contribution in [0, 0.1) is 6.92 Å². The largest absolute Gasteiger partial charge is 0.494 e. The molecule has 0 atom stereocenters. The second-order valence-corrected chi connectivity index (χ2v) is 6.37. The molecule has 0 saturated heterocycles. The topological polar surface area (TPSA) is 59.9 Å². The number of aryl methyl sites for hydroxylation is 1. The minimum atomic E-state index is -0.186. The Balaban J connectivity index is 1.92. The molecule has 1 N–H and O–H groups in total. The van der Waals surface area contributed by atoms with Gasteiger partial charge in [0.2, 0.25) is 5.90 Å². The molecule has 0 saturated carbocycles. The van der Waals surface area contributed by atoms with E-state index in [0.717, 1.165) is 16.8 Å². The lowest BCUT2D eigenvalue weighted by Crippen LogP contribution is -2.14. The van der Waals surface area contributed by atoms with Crippen LogP contribution in [0.4, 0.5) is 11.4 Å². The Morgan fingerprint density at radius 2 is 1.69 bits per heavy atom. The van der Waals surface area contributed by atoms with Gasteiger partial charge in [-0.3, -0.25) is 4.79 Å². The van der Waals surface area contributed by atoms with Gasteiger partial charge in [0.05, 0.1) is 13.7 Å². The normalized spacial score (nSPS) is 11.1. The maximum Gasteiger partial charge on any atom is 0.255 e. The lowest BCUT2D eigenvalue weighted by atomic mass is 10.1. The SMILES string of the molecule is CCO/C(=N\c1ccccc1OC)c1cccc(C(=O)Nc2ccccc2C)c1. The predicted molar refractivity (Wildman–Crippen MR) is 116 cm³/mol. The number of rotatable bonds is 6. The Labute approximate surface area is 171 Å². The van der Waals surface area contributed by atoms with Gasteiger partial charge < -0.3 is 14.8 Å². The lowest BCUT2D eigenvalue weighted by Gasteiger charge is -2.12. The number of anilines is 1. The molecule has 5 nitrogen and oxygen atoms in total. The molecule has 3 rings (SSSR count). The van der Waals surface area contributed by atoms with E-state index in [1.807, 2.05) is 74.5 Å². The smallest absolute Gasteiger partial charge is 0.255 e. The van der Waals surface area contributed by atoms with E-state index in [1.165, 1.54) is 0 Å². The quantitative estimate of drug-likeness (QED) is 0.456. The Bertz CT molecular complexity index is 1030. The van der Waals surface area contributed by atoms with Crippen molar-refractivity contribution >= 4 is 23.2 Å². The number of carbonyl (C=O) groups is 1. The van der Waals surface area contributed by atoms with E-state index in [0.29, 0.717) is 29.5 Å². The van der Waals surface area contributed by atoms with E-state index in [1.54, 1.807) is 19.2 Å². The summed E-state index contributed by atoms with van der Waals surface area (Å²) in [5.74, 6) is 0.898. The van der Waals surface area contributed by atoms with Crippen molar-refractivity contribution in [2.75, 3.05) is 19.0 Å². The zero-order valence-electron chi connectivity index (χ0n) is 16.8. The van der Waals surface area contributed by atoms with Crippen LogP contribution in [0.5, 0.6) is 5.75 Å². The highest BCUT2D eigenvalue weighted by molar-refractivity contribution is 6.06. The first-order valence-electron chi connectivity index (χ1n) is 9.44. The summed E-state index contributed by atoms with van der Waals surface area (Å²) in [5.41, 5.74) is 3.70. The fraction of sp³-hybridized carbons (Fsp3) is 0.167. The summed E-state index contributed by atoms with van der Waals surface area (Å²) in [6.45, 7) is 4.30. The van der Waals surface area contributed by atoms with Crippen LogP contribution in [0.15, 0.2) is 77.8 Å². The van der Waals surface area contributed by atoms with Gasteiger partial charge in [-0.15, -0.1) is 0 Å². The molecule has 0 aromatic heterocycles. The second-order valence-electron chi connectivity index (χ2n) is 6.37. The molecular formula is C24H24N2O3. The summed E-state index contributed by atoms with van der Waals surface area (Å²) >= 11 is 0. The number of nitrogens with zero attached hydrogens (tertiary/aromatic N) is 1. The summed E-state index contributed by atoms with van der Waals surface area (Å²) in [7, 11) is 1.60. The van der Waals surface area contributed by atoms with Crippen molar-refractivity contribution in [3.05, 3.63) is 89.5 Å². The highest BCUT2D eigenvalue weighted by Gasteiger charge is 2.12. The number of benzene rings is 3. The van der Waals surface area contributed by atoms with E-state index < -0.39 is 0 Å². The Hall–Kier alpha value is -3.60. The fourth-order valence-corrected chi connectivity index (χ4v) is 2.85. The maximum atomic E-state index is 12.7. The average molecular weight is 388 g/mol. The van der Waals surface area contributed by atoms with Crippen LogP contribution < -0.4 is 10.1 Å². The lowest BCUT2D eigenvalue weighted by molar-refractivity contribution is 0.102. The van der Waals surface area contributed by atoms with Crippen LogP contribution in [0.1, 0.15) is 28.4 Å². The summed E-state index contributed by atoms with van der Waals surface area (Å²) in [5, 5.41) is 2.95. The molecule has 3 aromatic rings. The van der Waals surface area contributed by atoms with Crippen molar-refractivity contribution in [2.45, 2.75) is 13.8 Å². The van der Waals surface area contributed by atoms with Crippen molar-refractivity contribution in [2.24, 2.45) is 4.99 Å². The Morgan fingerprint density at radius 1 is 0.966 bits per heavy atom. The van der Waals surface area contributed by atoms with Gasteiger partial charge in [0, 0.05) is 16.8 Å². The summed E-state index contributed by atoms with van der Waals surface area (Å²) < 4.78 is 11.1. The number of carbonyl (C=O) groups excluding carboxylic acids is 1. The zero-order valence-corrected chi connectivity index (χ0v) is 16.8. The monoisotopic (exact) mass is 388 g/mol. The number of hydrogen-bond donors (Lipinski definition) is 1. The number of para-hydroxylation sites is 3. The van der Waals surface area contributed by atoms with Crippen LogP contribution in [0.3, 0.4) is 0 Å². The molecule has 5 heteroatoms. The van der Waals surface area contributed by atoms with E-state index in [2.05, 4.69) is 10.3 Å². The third-order valence-corrected chi connectivity index (χ3v) is 4.35. The summed E-state index contributed by atoms with van der Waals surface area (Å²) in [4.78, 5) is 17.4.